The second-order valence-corrected chi connectivity index (χ2v) is 6.00. The highest BCUT2D eigenvalue weighted by Crippen LogP contribution is 2.37. The average Bonchev–Trinajstić information content (AvgIpc) is 2.84. The Morgan fingerprint density at radius 2 is 2.05 bits per heavy atom. The lowest BCUT2D eigenvalue weighted by Crippen LogP contribution is -2.32. The maximum absolute atomic E-state index is 4.57. The van der Waals surface area contributed by atoms with Crippen LogP contribution >= 0.6 is 0 Å². The van der Waals surface area contributed by atoms with Crippen molar-refractivity contribution < 1.29 is 0 Å². The fourth-order valence-electron chi connectivity index (χ4n) is 3.58. The lowest BCUT2D eigenvalue weighted by Gasteiger charge is -2.34. The summed E-state index contributed by atoms with van der Waals surface area (Å²) in [7, 11) is 2.11. The molecule has 1 saturated carbocycles. The van der Waals surface area contributed by atoms with E-state index in [-0.39, 0.29) is 0 Å². The van der Waals surface area contributed by atoms with Gasteiger partial charge in [0.1, 0.15) is 5.82 Å². The van der Waals surface area contributed by atoms with E-state index in [1.165, 1.54) is 44.3 Å². The van der Waals surface area contributed by atoms with Crippen molar-refractivity contribution in [3.05, 3.63) is 18.2 Å². The van der Waals surface area contributed by atoms with E-state index in [0.29, 0.717) is 6.04 Å². The monoisotopic (exact) mass is 263 g/mol. The third kappa shape index (κ3) is 3.59. The molecular formula is C16H29N3. The van der Waals surface area contributed by atoms with Crippen LogP contribution in [0.2, 0.25) is 0 Å². The first kappa shape index (κ1) is 14.6. The molecule has 1 atom stereocenters. The molecule has 1 fully saturated rings. The summed E-state index contributed by atoms with van der Waals surface area (Å²) in [6.07, 6.45) is 12.3. The highest BCUT2D eigenvalue weighted by atomic mass is 15.1. The second kappa shape index (κ2) is 7.09. The van der Waals surface area contributed by atoms with Crippen molar-refractivity contribution >= 4 is 0 Å². The maximum atomic E-state index is 4.57. The summed E-state index contributed by atoms with van der Waals surface area (Å²) >= 11 is 0. The standard InChI is InChI=1S/C16H29N3/c1-4-6-13-7-9-14(10-8-13)15(17-5-2)16-18-11-12-19(16)3/h11-15,17H,4-10H2,1-3H3. The average molecular weight is 263 g/mol. The van der Waals surface area contributed by atoms with E-state index < -0.39 is 0 Å². The first-order valence-corrected chi connectivity index (χ1v) is 7.96. The van der Waals surface area contributed by atoms with Gasteiger partial charge in [-0.05, 0) is 31.2 Å². The number of imidazole rings is 1. The summed E-state index contributed by atoms with van der Waals surface area (Å²) in [5, 5.41) is 3.66. The van der Waals surface area contributed by atoms with Gasteiger partial charge in [-0.1, -0.05) is 39.5 Å². The number of rotatable bonds is 6. The highest BCUT2D eigenvalue weighted by molar-refractivity contribution is 5.02. The minimum absolute atomic E-state index is 0.438. The van der Waals surface area contributed by atoms with Crippen LogP contribution in [0.5, 0.6) is 0 Å². The summed E-state index contributed by atoms with van der Waals surface area (Å²) in [6.45, 7) is 5.52. The topological polar surface area (TPSA) is 29.9 Å². The van der Waals surface area contributed by atoms with Gasteiger partial charge in [0.2, 0.25) is 0 Å². The molecule has 19 heavy (non-hydrogen) atoms. The number of nitrogens with one attached hydrogen (secondary N) is 1. The Morgan fingerprint density at radius 1 is 1.32 bits per heavy atom. The van der Waals surface area contributed by atoms with E-state index in [2.05, 4.69) is 42.0 Å². The number of aromatic nitrogens is 2. The van der Waals surface area contributed by atoms with E-state index in [1.54, 1.807) is 0 Å². The number of hydrogen-bond donors (Lipinski definition) is 1. The molecule has 0 spiro atoms. The van der Waals surface area contributed by atoms with E-state index in [1.807, 2.05) is 6.20 Å². The van der Waals surface area contributed by atoms with Crippen molar-refractivity contribution in [2.24, 2.45) is 18.9 Å². The highest BCUT2D eigenvalue weighted by Gasteiger charge is 2.29. The third-order valence-corrected chi connectivity index (χ3v) is 4.62. The summed E-state index contributed by atoms with van der Waals surface area (Å²) < 4.78 is 2.17. The molecule has 1 unspecified atom stereocenters. The summed E-state index contributed by atoms with van der Waals surface area (Å²) in [5.74, 6) is 2.94. The normalized spacial score (nSPS) is 25.4. The molecule has 3 heteroatoms. The fraction of sp³-hybridized carbons (Fsp3) is 0.812. The van der Waals surface area contributed by atoms with Crippen LogP contribution in [-0.2, 0) is 7.05 Å². The summed E-state index contributed by atoms with van der Waals surface area (Å²) in [4.78, 5) is 4.57. The molecule has 1 aliphatic rings. The van der Waals surface area contributed by atoms with Gasteiger partial charge in [0, 0.05) is 19.4 Å². The second-order valence-electron chi connectivity index (χ2n) is 6.00. The molecule has 0 radical (unpaired) electrons. The molecule has 1 aliphatic carbocycles. The Labute approximate surface area is 117 Å². The van der Waals surface area contributed by atoms with E-state index >= 15 is 0 Å². The quantitative estimate of drug-likeness (QED) is 0.848. The van der Waals surface area contributed by atoms with Crippen LogP contribution in [0.3, 0.4) is 0 Å². The molecule has 0 amide bonds. The molecule has 2 rings (SSSR count). The Hall–Kier alpha value is -0.830. The van der Waals surface area contributed by atoms with Crippen molar-refractivity contribution in [1.82, 2.24) is 14.9 Å². The van der Waals surface area contributed by atoms with Gasteiger partial charge in [0.25, 0.3) is 0 Å². The SMILES string of the molecule is CCCC1CCC(C(NCC)c2nccn2C)CC1. The Balaban J connectivity index is 1.99. The zero-order chi connectivity index (χ0) is 13.7. The fourth-order valence-corrected chi connectivity index (χ4v) is 3.58. The predicted molar refractivity (Wildman–Crippen MR) is 80.0 cm³/mol. The van der Waals surface area contributed by atoms with Gasteiger partial charge >= 0.3 is 0 Å². The van der Waals surface area contributed by atoms with Gasteiger partial charge in [-0.25, -0.2) is 4.98 Å². The van der Waals surface area contributed by atoms with Crippen LogP contribution in [-0.4, -0.2) is 16.1 Å². The van der Waals surface area contributed by atoms with Gasteiger partial charge < -0.3 is 9.88 Å². The van der Waals surface area contributed by atoms with Crippen molar-refractivity contribution in [2.45, 2.75) is 58.4 Å². The molecule has 0 aromatic carbocycles. The molecule has 1 aromatic heterocycles. The first-order valence-electron chi connectivity index (χ1n) is 7.96. The molecule has 3 nitrogen and oxygen atoms in total. The molecule has 0 saturated heterocycles. The van der Waals surface area contributed by atoms with Crippen LogP contribution in [0, 0.1) is 11.8 Å². The third-order valence-electron chi connectivity index (χ3n) is 4.62. The maximum Gasteiger partial charge on any atom is 0.125 e. The smallest absolute Gasteiger partial charge is 0.125 e. The molecule has 108 valence electrons. The minimum atomic E-state index is 0.438. The van der Waals surface area contributed by atoms with Gasteiger partial charge in [-0.2, -0.15) is 0 Å². The molecular weight excluding hydrogens is 234 g/mol. The van der Waals surface area contributed by atoms with Gasteiger partial charge in [0.05, 0.1) is 6.04 Å². The molecule has 1 heterocycles. The predicted octanol–water partition coefficient (Wildman–Crippen LogP) is 3.68. The van der Waals surface area contributed by atoms with E-state index in [9.17, 15) is 0 Å². The molecule has 1 N–H and O–H groups in total. The van der Waals surface area contributed by atoms with Crippen LogP contribution < -0.4 is 5.32 Å². The Morgan fingerprint density at radius 3 is 2.58 bits per heavy atom. The zero-order valence-electron chi connectivity index (χ0n) is 12.7. The number of hydrogen-bond acceptors (Lipinski definition) is 2. The largest absolute Gasteiger partial charge is 0.337 e. The van der Waals surface area contributed by atoms with Crippen molar-refractivity contribution in [3.63, 3.8) is 0 Å². The first-order chi connectivity index (χ1) is 9.26. The molecule has 0 aliphatic heterocycles. The van der Waals surface area contributed by atoms with Crippen molar-refractivity contribution in [2.75, 3.05) is 6.54 Å². The Bertz CT molecular complexity index is 364. The van der Waals surface area contributed by atoms with Gasteiger partial charge in [0.15, 0.2) is 0 Å². The lowest BCUT2D eigenvalue weighted by molar-refractivity contribution is 0.209. The van der Waals surface area contributed by atoms with Crippen molar-refractivity contribution in [1.29, 1.82) is 0 Å². The molecule has 1 aromatic rings. The van der Waals surface area contributed by atoms with Crippen LogP contribution in [0.25, 0.3) is 0 Å². The van der Waals surface area contributed by atoms with Crippen LogP contribution in [0.15, 0.2) is 12.4 Å². The van der Waals surface area contributed by atoms with Crippen molar-refractivity contribution in [3.8, 4) is 0 Å². The molecule has 0 bridgehead atoms. The van der Waals surface area contributed by atoms with Gasteiger partial charge in [-0.15, -0.1) is 0 Å². The number of nitrogens with zero attached hydrogens (tertiary/aromatic N) is 2. The summed E-state index contributed by atoms with van der Waals surface area (Å²) in [6, 6.07) is 0.438. The van der Waals surface area contributed by atoms with Crippen LogP contribution in [0.1, 0.15) is 64.2 Å². The Kier molecular flexibility index (Phi) is 5.44. The van der Waals surface area contributed by atoms with E-state index in [4.69, 9.17) is 0 Å². The zero-order valence-corrected chi connectivity index (χ0v) is 12.7. The lowest BCUT2D eigenvalue weighted by atomic mass is 9.77. The van der Waals surface area contributed by atoms with Gasteiger partial charge in [-0.3, -0.25) is 0 Å². The minimum Gasteiger partial charge on any atom is -0.337 e. The summed E-state index contributed by atoms with van der Waals surface area (Å²) in [5.41, 5.74) is 0. The number of aryl methyl sites for hydroxylation is 1. The van der Waals surface area contributed by atoms with Crippen LogP contribution in [0.4, 0.5) is 0 Å². The van der Waals surface area contributed by atoms with E-state index in [0.717, 1.165) is 18.4 Å².